The Bertz CT molecular complexity index is 750. The smallest absolute Gasteiger partial charge is 0.185 e. The van der Waals surface area contributed by atoms with E-state index >= 15 is 0 Å². The molecule has 1 fully saturated rings. The Kier molecular flexibility index (Phi) is 5.56. The van der Waals surface area contributed by atoms with Crippen molar-refractivity contribution in [1.82, 2.24) is 0 Å². The quantitative estimate of drug-likeness (QED) is 0.582. The number of anilines is 1. The Morgan fingerprint density at radius 1 is 1.04 bits per heavy atom. The average Bonchev–Trinajstić information content (AvgIpc) is 2.63. The van der Waals surface area contributed by atoms with Crippen LogP contribution in [0.15, 0.2) is 48.5 Å². The Morgan fingerprint density at radius 2 is 1.75 bits per heavy atom. The monoisotopic (exact) mass is 361 g/mol. The summed E-state index contributed by atoms with van der Waals surface area (Å²) in [4.78, 5) is 14.6. The summed E-state index contributed by atoms with van der Waals surface area (Å²) in [7, 11) is 0. The molecule has 0 spiro atoms. The van der Waals surface area contributed by atoms with Gasteiger partial charge in [-0.2, -0.15) is 0 Å². The van der Waals surface area contributed by atoms with Crippen LogP contribution >= 0.6 is 23.2 Å². The molecule has 1 heterocycles. The highest BCUT2D eigenvalue weighted by Crippen LogP contribution is 2.26. The minimum atomic E-state index is -0.0698. The van der Waals surface area contributed by atoms with Gasteiger partial charge < -0.3 is 9.64 Å². The lowest BCUT2D eigenvalue weighted by Gasteiger charge is -2.28. The summed E-state index contributed by atoms with van der Waals surface area (Å²) in [5.74, 6) is -0.0698. The highest BCUT2D eigenvalue weighted by molar-refractivity contribution is 6.42. The van der Waals surface area contributed by atoms with E-state index in [-0.39, 0.29) is 5.78 Å². The number of rotatable bonds is 4. The molecular weight excluding hydrogens is 345 g/mol. The number of ketones is 1. The van der Waals surface area contributed by atoms with Gasteiger partial charge in [0.15, 0.2) is 5.78 Å². The molecule has 1 aliphatic heterocycles. The molecule has 0 amide bonds. The van der Waals surface area contributed by atoms with Gasteiger partial charge in [0.2, 0.25) is 0 Å². The van der Waals surface area contributed by atoms with Gasteiger partial charge >= 0.3 is 0 Å². The fourth-order valence-electron chi connectivity index (χ4n) is 2.57. The second kappa shape index (κ2) is 7.84. The number of morpholine rings is 1. The second-order valence-electron chi connectivity index (χ2n) is 5.49. The maximum Gasteiger partial charge on any atom is 0.185 e. The number of carbonyl (C=O) groups is 1. The first-order valence-electron chi connectivity index (χ1n) is 7.74. The van der Waals surface area contributed by atoms with Crippen molar-refractivity contribution < 1.29 is 9.53 Å². The maximum absolute atomic E-state index is 12.3. The standard InChI is InChI=1S/C19H17Cl2NO2/c20-17-3-1-2-15(19(17)21)6-9-18(23)14-4-7-16(8-5-14)22-10-12-24-13-11-22/h1-9H,10-13H2/b9-6+. The van der Waals surface area contributed by atoms with Crippen LogP contribution in [-0.4, -0.2) is 32.1 Å². The summed E-state index contributed by atoms with van der Waals surface area (Å²) in [6, 6.07) is 13.0. The largest absolute Gasteiger partial charge is 0.378 e. The van der Waals surface area contributed by atoms with Crippen LogP contribution in [0.4, 0.5) is 5.69 Å². The van der Waals surface area contributed by atoms with Crippen LogP contribution in [0.5, 0.6) is 0 Å². The first-order chi connectivity index (χ1) is 11.6. The topological polar surface area (TPSA) is 29.5 Å². The highest BCUT2D eigenvalue weighted by atomic mass is 35.5. The highest BCUT2D eigenvalue weighted by Gasteiger charge is 2.11. The van der Waals surface area contributed by atoms with Crippen LogP contribution in [-0.2, 0) is 4.74 Å². The molecular formula is C19H17Cl2NO2. The molecule has 0 unspecified atom stereocenters. The molecule has 2 aromatic carbocycles. The van der Waals surface area contributed by atoms with Crippen molar-refractivity contribution in [2.45, 2.75) is 0 Å². The van der Waals surface area contributed by atoms with Crippen LogP contribution in [0.25, 0.3) is 6.08 Å². The predicted molar refractivity (Wildman–Crippen MR) is 99.3 cm³/mol. The number of carbonyl (C=O) groups excluding carboxylic acids is 1. The van der Waals surface area contributed by atoms with Crippen molar-refractivity contribution in [3.63, 3.8) is 0 Å². The Balaban J connectivity index is 1.70. The minimum Gasteiger partial charge on any atom is -0.378 e. The van der Waals surface area contributed by atoms with E-state index in [4.69, 9.17) is 27.9 Å². The van der Waals surface area contributed by atoms with Gasteiger partial charge in [-0.25, -0.2) is 0 Å². The lowest BCUT2D eigenvalue weighted by Crippen LogP contribution is -2.36. The van der Waals surface area contributed by atoms with Crippen molar-refractivity contribution in [3.8, 4) is 0 Å². The molecule has 3 nitrogen and oxygen atoms in total. The summed E-state index contributed by atoms with van der Waals surface area (Å²) < 4.78 is 5.35. The second-order valence-corrected chi connectivity index (χ2v) is 6.27. The van der Waals surface area contributed by atoms with Gasteiger partial charge in [0.05, 0.1) is 23.3 Å². The number of nitrogens with zero attached hydrogens (tertiary/aromatic N) is 1. The van der Waals surface area contributed by atoms with Crippen molar-refractivity contribution in [2.75, 3.05) is 31.2 Å². The van der Waals surface area contributed by atoms with E-state index in [0.717, 1.165) is 37.6 Å². The van der Waals surface area contributed by atoms with Crippen LogP contribution in [0.1, 0.15) is 15.9 Å². The fourth-order valence-corrected chi connectivity index (χ4v) is 2.94. The summed E-state index contributed by atoms with van der Waals surface area (Å²) in [5, 5.41) is 0.923. The molecule has 0 bridgehead atoms. The first-order valence-corrected chi connectivity index (χ1v) is 8.50. The molecule has 5 heteroatoms. The molecule has 124 valence electrons. The van der Waals surface area contributed by atoms with E-state index in [1.807, 2.05) is 30.3 Å². The molecule has 3 rings (SSSR count). The van der Waals surface area contributed by atoms with Crippen molar-refractivity contribution >= 4 is 40.7 Å². The van der Waals surface area contributed by atoms with Crippen LogP contribution in [0.2, 0.25) is 10.0 Å². The van der Waals surface area contributed by atoms with Gasteiger partial charge in [-0.15, -0.1) is 0 Å². The lowest BCUT2D eigenvalue weighted by atomic mass is 10.1. The maximum atomic E-state index is 12.3. The number of ether oxygens (including phenoxy) is 1. The van der Waals surface area contributed by atoms with Crippen LogP contribution < -0.4 is 4.90 Å². The van der Waals surface area contributed by atoms with E-state index in [0.29, 0.717) is 15.6 Å². The number of halogens is 2. The molecule has 0 saturated carbocycles. The van der Waals surface area contributed by atoms with Gasteiger partial charge in [-0.3, -0.25) is 4.79 Å². The number of benzene rings is 2. The molecule has 24 heavy (non-hydrogen) atoms. The molecule has 0 N–H and O–H groups in total. The molecule has 0 radical (unpaired) electrons. The van der Waals surface area contributed by atoms with Gasteiger partial charge in [0.1, 0.15) is 0 Å². The predicted octanol–water partition coefficient (Wildman–Crippen LogP) is 4.73. The van der Waals surface area contributed by atoms with Gasteiger partial charge in [0.25, 0.3) is 0 Å². The Labute approximate surface area is 151 Å². The van der Waals surface area contributed by atoms with Crippen molar-refractivity contribution in [2.24, 2.45) is 0 Å². The third-order valence-electron chi connectivity index (χ3n) is 3.92. The summed E-state index contributed by atoms with van der Waals surface area (Å²) in [5.41, 5.74) is 2.47. The molecule has 1 aliphatic rings. The molecule has 0 aromatic heterocycles. The summed E-state index contributed by atoms with van der Waals surface area (Å²) in [6.45, 7) is 3.23. The minimum absolute atomic E-state index is 0.0698. The average molecular weight is 362 g/mol. The normalized spacial score (nSPS) is 15.0. The Morgan fingerprint density at radius 3 is 2.46 bits per heavy atom. The van der Waals surface area contributed by atoms with Crippen molar-refractivity contribution in [3.05, 3.63) is 69.7 Å². The molecule has 0 aliphatic carbocycles. The zero-order chi connectivity index (χ0) is 16.9. The van der Waals surface area contributed by atoms with E-state index in [9.17, 15) is 4.79 Å². The van der Waals surface area contributed by atoms with E-state index in [1.165, 1.54) is 6.08 Å². The number of hydrogen-bond donors (Lipinski definition) is 0. The molecule has 1 saturated heterocycles. The van der Waals surface area contributed by atoms with Crippen LogP contribution in [0, 0.1) is 0 Å². The van der Waals surface area contributed by atoms with E-state index < -0.39 is 0 Å². The number of allylic oxidation sites excluding steroid dienone is 1. The lowest BCUT2D eigenvalue weighted by molar-refractivity contribution is 0.104. The zero-order valence-corrected chi connectivity index (χ0v) is 14.6. The van der Waals surface area contributed by atoms with E-state index in [1.54, 1.807) is 18.2 Å². The third kappa shape index (κ3) is 3.99. The van der Waals surface area contributed by atoms with Crippen LogP contribution in [0.3, 0.4) is 0 Å². The van der Waals surface area contributed by atoms with E-state index in [2.05, 4.69) is 4.90 Å². The van der Waals surface area contributed by atoms with Gasteiger partial charge in [-0.05, 0) is 48.0 Å². The third-order valence-corrected chi connectivity index (χ3v) is 4.76. The molecule has 0 atom stereocenters. The molecule has 2 aromatic rings. The van der Waals surface area contributed by atoms with Gasteiger partial charge in [0, 0.05) is 24.3 Å². The first kappa shape index (κ1) is 17.0. The zero-order valence-electron chi connectivity index (χ0n) is 13.0. The SMILES string of the molecule is O=C(/C=C/c1cccc(Cl)c1Cl)c1ccc(N2CCOCC2)cc1. The summed E-state index contributed by atoms with van der Waals surface area (Å²) >= 11 is 12.1. The Hall–Kier alpha value is -1.81. The number of hydrogen-bond acceptors (Lipinski definition) is 3. The fraction of sp³-hybridized carbons (Fsp3) is 0.211. The van der Waals surface area contributed by atoms with Crippen molar-refractivity contribution in [1.29, 1.82) is 0 Å². The van der Waals surface area contributed by atoms with Gasteiger partial charge in [-0.1, -0.05) is 35.3 Å². The summed E-state index contributed by atoms with van der Waals surface area (Å²) in [6.07, 6.45) is 3.20.